The Morgan fingerprint density at radius 3 is 2.62 bits per heavy atom. The Labute approximate surface area is 49.5 Å². The number of allylic oxidation sites excluding steroid dienone is 1. The molecule has 0 aromatic rings. The van der Waals surface area contributed by atoms with Crippen LogP contribution in [0.5, 0.6) is 0 Å². The third kappa shape index (κ3) is 0.619. The minimum Gasteiger partial charge on any atom is -0.273 e. The Morgan fingerprint density at radius 1 is 1.88 bits per heavy atom. The summed E-state index contributed by atoms with van der Waals surface area (Å²) in [6, 6.07) is 0. The first-order valence-corrected chi connectivity index (χ1v) is 2.68. The van der Waals surface area contributed by atoms with Crippen molar-refractivity contribution in [2.24, 2.45) is 11.0 Å². The van der Waals surface area contributed by atoms with E-state index < -0.39 is 0 Å². The fraction of sp³-hybridized carbons (Fsp3) is 0.500. The van der Waals surface area contributed by atoms with E-state index in [4.69, 9.17) is 0 Å². The van der Waals surface area contributed by atoms with E-state index in [1.54, 1.807) is 5.01 Å². The van der Waals surface area contributed by atoms with Crippen LogP contribution in [0.25, 0.3) is 0 Å². The molecule has 0 amide bonds. The molecule has 1 heterocycles. The molecule has 44 valence electrons. The molecule has 1 aliphatic heterocycles. The van der Waals surface area contributed by atoms with Crippen molar-refractivity contribution in [3.8, 4) is 0 Å². The van der Waals surface area contributed by atoms with Gasteiger partial charge in [-0.05, 0) is 0 Å². The second-order valence-corrected chi connectivity index (χ2v) is 2.07. The third-order valence-corrected chi connectivity index (χ3v) is 1.40. The molecule has 2 nitrogen and oxygen atoms in total. The van der Waals surface area contributed by atoms with Crippen molar-refractivity contribution >= 4 is 6.21 Å². The highest BCUT2D eigenvalue weighted by Gasteiger charge is 2.12. The first-order chi connectivity index (χ1) is 3.72. The van der Waals surface area contributed by atoms with Crippen molar-refractivity contribution in [3.05, 3.63) is 12.3 Å². The Morgan fingerprint density at radius 2 is 2.50 bits per heavy atom. The lowest BCUT2D eigenvalue weighted by Gasteiger charge is -2.08. The number of hydrazone groups is 1. The maximum Gasteiger partial charge on any atom is 0.0375 e. The standard InChI is InChI=1S/C6H10N2/c1-5-4-7-8(3)6(5)2/h4-5H,2H2,1,3H3. The van der Waals surface area contributed by atoms with Crippen LogP contribution < -0.4 is 0 Å². The van der Waals surface area contributed by atoms with Gasteiger partial charge in [0.2, 0.25) is 0 Å². The van der Waals surface area contributed by atoms with E-state index >= 15 is 0 Å². The van der Waals surface area contributed by atoms with Crippen LogP contribution in [0, 0.1) is 5.92 Å². The third-order valence-electron chi connectivity index (χ3n) is 1.40. The Balaban J connectivity index is 2.70. The largest absolute Gasteiger partial charge is 0.273 e. The van der Waals surface area contributed by atoms with Crippen molar-refractivity contribution in [3.63, 3.8) is 0 Å². The highest BCUT2D eigenvalue weighted by atomic mass is 15.5. The van der Waals surface area contributed by atoms with Gasteiger partial charge < -0.3 is 0 Å². The number of hydrogen-bond acceptors (Lipinski definition) is 2. The molecule has 1 aliphatic rings. The van der Waals surface area contributed by atoms with Crippen LogP contribution in [0.2, 0.25) is 0 Å². The molecule has 0 aliphatic carbocycles. The average molecular weight is 110 g/mol. The minimum atomic E-state index is 0.431. The van der Waals surface area contributed by atoms with Gasteiger partial charge in [-0.1, -0.05) is 13.5 Å². The molecule has 0 N–H and O–H groups in total. The van der Waals surface area contributed by atoms with Gasteiger partial charge in [-0.15, -0.1) is 0 Å². The van der Waals surface area contributed by atoms with E-state index in [9.17, 15) is 0 Å². The van der Waals surface area contributed by atoms with Crippen molar-refractivity contribution < 1.29 is 0 Å². The molecular weight excluding hydrogens is 100 g/mol. The van der Waals surface area contributed by atoms with Gasteiger partial charge in [-0.2, -0.15) is 5.10 Å². The van der Waals surface area contributed by atoms with E-state index in [0.29, 0.717) is 5.92 Å². The highest BCUT2D eigenvalue weighted by Crippen LogP contribution is 2.15. The monoisotopic (exact) mass is 110 g/mol. The van der Waals surface area contributed by atoms with Crippen LogP contribution in [0.15, 0.2) is 17.4 Å². The molecule has 0 saturated heterocycles. The van der Waals surface area contributed by atoms with E-state index in [-0.39, 0.29) is 0 Å². The predicted molar refractivity (Wildman–Crippen MR) is 34.6 cm³/mol. The van der Waals surface area contributed by atoms with Crippen LogP contribution in [0.4, 0.5) is 0 Å². The summed E-state index contributed by atoms with van der Waals surface area (Å²) >= 11 is 0. The summed E-state index contributed by atoms with van der Waals surface area (Å²) < 4.78 is 0. The number of hydrogen-bond donors (Lipinski definition) is 0. The van der Waals surface area contributed by atoms with Crippen molar-refractivity contribution in [1.82, 2.24) is 5.01 Å². The Bertz CT molecular complexity index is 123. The lowest BCUT2D eigenvalue weighted by Crippen LogP contribution is -2.06. The van der Waals surface area contributed by atoms with Crippen LogP contribution >= 0.6 is 0 Å². The minimum absolute atomic E-state index is 0.431. The lowest BCUT2D eigenvalue weighted by atomic mass is 10.2. The van der Waals surface area contributed by atoms with Crippen molar-refractivity contribution in [2.75, 3.05) is 7.05 Å². The number of nitrogens with zero attached hydrogens (tertiary/aromatic N) is 2. The van der Waals surface area contributed by atoms with Crippen LogP contribution in [-0.4, -0.2) is 18.3 Å². The molecule has 0 saturated carbocycles. The molecule has 8 heavy (non-hydrogen) atoms. The van der Waals surface area contributed by atoms with Crippen molar-refractivity contribution in [2.45, 2.75) is 6.92 Å². The zero-order valence-corrected chi connectivity index (χ0v) is 5.26. The Hall–Kier alpha value is -0.790. The van der Waals surface area contributed by atoms with Gasteiger partial charge in [-0.3, -0.25) is 5.01 Å². The van der Waals surface area contributed by atoms with E-state index in [2.05, 4.69) is 18.6 Å². The molecule has 0 spiro atoms. The second kappa shape index (κ2) is 1.62. The van der Waals surface area contributed by atoms with Gasteiger partial charge in [0.15, 0.2) is 0 Å². The van der Waals surface area contributed by atoms with Gasteiger partial charge in [0.25, 0.3) is 0 Å². The van der Waals surface area contributed by atoms with E-state index in [1.165, 1.54) is 0 Å². The van der Waals surface area contributed by atoms with Gasteiger partial charge in [0, 0.05) is 24.9 Å². The van der Waals surface area contributed by atoms with E-state index in [0.717, 1.165) is 5.70 Å². The summed E-state index contributed by atoms with van der Waals surface area (Å²) in [6.45, 7) is 5.90. The fourth-order valence-electron chi connectivity index (χ4n) is 0.655. The Kier molecular flexibility index (Phi) is 1.08. The average Bonchev–Trinajstić information content (AvgIpc) is 1.98. The second-order valence-electron chi connectivity index (χ2n) is 2.07. The van der Waals surface area contributed by atoms with Gasteiger partial charge in [0.05, 0.1) is 0 Å². The smallest absolute Gasteiger partial charge is 0.0375 e. The molecule has 1 rings (SSSR count). The van der Waals surface area contributed by atoms with Crippen LogP contribution in [0.1, 0.15) is 6.92 Å². The topological polar surface area (TPSA) is 15.6 Å². The molecule has 1 unspecified atom stereocenters. The number of rotatable bonds is 0. The normalized spacial score (nSPS) is 27.5. The van der Waals surface area contributed by atoms with Gasteiger partial charge in [0.1, 0.15) is 0 Å². The predicted octanol–water partition coefficient (Wildman–Crippen LogP) is 1.07. The van der Waals surface area contributed by atoms with Crippen molar-refractivity contribution in [1.29, 1.82) is 0 Å². The molecule has 0 fully saturated rings. The maximum absolute atomic E-state index is 4.01. The maximum atomic E-state index is 4.01. The zero-order chi connectivity index (χ0) is 6.15. The first kappa shape index (κ1) is 5.35. The summed E-state index contributed by atoms with van der Waals surface area (Å²) in [7, 11) is 1.91. The summed E-state index contributed by atoms with van der Waals surface area (Å²) in [5, 5.41) is 5.80. The molecule has 0 aromatic heterocycles. The first-order valence-electron chi connectivity index (χ1n) is 2.68. The van der Waals surface area contributed by atoms with Crippen LogP contribution in [0.3, 0.4) is 0 Å². The summed E-state index contributed by atoms with van der Waals surface area (Å²) in [4.78, 5) is 0. The molecule has 0 aromatic carbocycles. The summed E-state index contributed by atoms with van der Waals surface area (Å²) in [5.74, 6) is 0.431. The molecular formula is C6H10N2. The van der Waals surface area contributed by atoms with Crippen LogP contribution in [-0.2, 0) is 0 Å². The molecule has 2 heteroatoms. The fourth-order valence-corrected chi connectivity index (χ4v) is 0.655. The van der Waals surface area contributed by atoms with E-state index in [1.807, 2.05) is 13.3 Å². The SMILES string of the molecule is C=C1C(C)C=NN1C. The zero-order valence-electron chi connectivity index (χ0n) is 5.26. The summed E-state index contributed by atoms with van der Waals surface area (Å²) in [6.07, 6.45) is 1.89. The van der Waals surface area contributed by atoms with Gasteiger partial charge >= 0.3 is 0 Å². The highest BCUT2D eigenvalue weighted by molar-refractivity contribution is 5.66. The summed E-state index contributed by atoms with van der Waals surface area (Å²) in [5.41, 5.74) is 1.07. The van der Waals surface area contributed by atoms with Gasteiger partial charge in [-0.25, -0.2) is 0 Å². The molecule has 1 atom stereocenters. The molecule has 0 bridgehead atoms. The quantitative estimate of drug-likeness (QED) is 0.455. The lowest BCUT2D eigenvalue weighted by molar-refractivity contribution is 0.451. The molecule has 0 radical (unpaired) electrons.